The zero-order valence-electron chi connectivity index (χ0n) is 10.0. The zero-order valence-corrected chi connectivity index (χ0v) is 10.8. The summed E-state index contributed by atoms with van der Waals surface area (Å²) in [7, 11) is -5.39. The Morgan fingerprint density at radius 2 is 1.80 bits per heavy atom. The summed E-state index contributed by atoms with van der Waals surface area (Å²) >= 11 is 0. The molecule has 1 rings (SSSR count). The van der Waals surface area contributed by atoms with Gasteiger partial charge in [0.1, 0.15) is 18.2 Å². The van der Waals surface area contributed by atoms with Crippen molar-refractivity contribution in [3.63, 3.8) is 0 Å². The van der Waals surface area contributed by atoms with Crippen molar-refractivity contribution in [2.75, 3.05) is 13.2 Å². The third-order valence-electron chi connectivity index (χ3n) is 2.15. The van der Waals surface area contributed by atoms with Crippen LogP contribution >= 0.6 is 0 Å². The molecule has 0 fully saturated rings. The van der Waals surface area contributed by atoms with Crippen LogP contribution in [-0.2, 0) is 9.84 Å². The Labute approximate surface area is 112 Å². The average Bonchev–Trinajstić information content (AvgIpc) is 2.36. The molecule has 20 heavy (non-hydrogen) atoms. The highest BCUT2D eigenvalue weighted by Gasteiger charge is 2.46. The Bertz CT molecular complexity index is 579. The van der Waals surface area contributed by atoms with Crippen LogP contribution in [0.2, 0.25) is 0 Å². The largest absolute Gasteiger partial charge is 0.501 e. The van der Waals surface area contributed by atoms with Crippen LogP contribution in [0.15, 0.2) is 41.1 Å². The van der Waals surface area contributed by atoms with Crippen LogP contribution in [0, 0.1) is 0 Å². The number of rotatable bonds is 5. The molecule has 0 saturated heterocycles. The zero-order chi connectivity index (χ0) is 15.4. The fraction of sp³-hybridized carbons (Fsp3) is 0.273. The first-order valence-corrected chi connectivity index (χ1v) is 6.75. The monoisotopic (exact) mass is 313 g/mol. The maximum atomic E-state index is 12.9. The number of ether oxygens (including phenoxy) is 1. The van der Waals surface area contributed by atoms with E-state index in [2.05, 4.69) is 0 Å². The first-order valence-electron chi connectivity index (χ1n) is 5.27. The molecule has 112 valence electrons. The molecule has 9 heteroatoms. The number of halogens is 4. The lowest BCUT2D eigenvalue weighted by Gasteiger charge is -2.09. The summed E-state index contributed by atoms with van der Waals surface area (Å²) in [5, 5.41) is 0. The lowest BCUT2D eigenvalue weighted by Crippen LogP contribution is -2.23. The van der Waals surface area contributed by atoms with E-state index in [9.17, 15) is 26.0 Å². The molecular weight excluding hydrogens is 302 g/mol. The number of hydrogen-bond donors (Lipinski definition) is 1. The van der Waals surface area contributed by atoms with Crippen molar-refractivity contribution >= 4 is 9.84 Å². The fourth-order valence-electron chi connectivity index (χ4n) is 1.19. The number of benzene rings is 1. The maximum Gasteiger partial charge on any atom is 0.501 e. The van der Waals surface area contributed by atoms with E-state index in [1.54, 1.807) is 0 Å². The second-order valence-corrected chi connectivity index (χ2v) is 5.54. The highest BCUT2D eigenvalue weighted by Crippen LogP contribution is 2.30. The summed E-state index contributed by atoms with van der Waals surface area (Å²) in [6.45, 7) is -0.458. The number of hydrogen-bond acceptors (Lipinski definition) is 4. The Morgan fingerprint density at radius 1 is 1.25 bits per heavy atom. The number of sulfone groups is 1. The summed E-state index contributed by atoms with van der Waals surface area (Å²) in [4.78, 5) is -0.907. The van der Waals surface area contributed by atoms with Crippen LogP contribution in [-0.4, -0.2) is 27.1 Å². The minimum atomic E-state index is -5.39. The van der Waals surface area contributed by atoms with Gasteiger partial charge in [-0.2, -0.15) is 13.2 Å². The van der Waals surface area contributed by atoms with Crippen LogP contribution < -0.4 is 10.5 Å². The van der Waals surface area contributed by atoms with Gasteiger partial charge in [0, 0.05) is 6.54 Å². The SMILES string of the molecule is NCC=C(F)COc1ccc(S(=O)(=O)C(F)(F)F)cc1. The Morgan fingerprint density at radius 3 is 2.25 bits per heavy atom. The summed E-state index contributed by atoms with van der Waals surface area (Å²) < 4.78 is 76.8. The molecule has 1 aromatic rings. The van der Waals surface area contributed by atoms with Crippen molar-refractivity contribution in [2.24, 2.45) is 5.73 Å². The van der Waals surface area contributed by atoms with Crippen molar-refractivity contribution in [1.82, 2.24) is 0 Å². The molecule has 0 amide bonds. The standard InChI is InChI=1S/C11H11F4NO3S/c12-8(5-6-16)7-19-9-1-3-10(4-2-9)20(17,18)11(13,14)15/h1-5H,6-7,16H2. The van der Waals surface area contributed by atoms with Crippen molar-refractivity contribution in [3.8, 4) is 5.75 Å². The Kier molecular flexibility index (Phi) is 5.12. The van der Waals surface area contributed by atoms with Crippen LogP contribution in [0.5, 0.6) is 5.75 Å². The minimum absolute atomic E-state index is 0.0159. The quantitative estimate of drug-likeness (QED) is 0.846. The second kappa shape index (κ2) is 6.23. The van der Waals surface area contributed by atoms with Crippen molar-refractivity contribution in [1.29, 1.82) is 0 Å². The predicted molar refractivity (Wildman–Crippen MR) is 63.4 cm³/mol. The summed E-state index contributed by atoms with van der Waals surface area (Å²) in [6, 6.07) is 3.49. The van der Waals surface area contributed by atoms with Gasteiger partial charge in [0.15, 0.2) is 0 Å². The van der Waals surface area contributed by atoms with E-state index in [1.807, 2.05) is 0 Å². The molecule has 0 aliphatic heterocycles. The first-order chi connectivity index (χ1) is 9.18. The lowest BCUT2D eigenvalue weighted by atomic mass is 10.3. The Hall–Kier alpha value is -1.61. The highest BCUT2D eigenvalue weighted by atomic mass is 32.2. The molecule has 4 nitrogen and oxygen atoms in total. The molecule has 1 aromatic carbocycles. The van der Waals surface area contributed by atoms with Gasteiger partial charge in [0.05, 0.1) is 4.90 Å². The van der Waals surface area contributed by atoms with E-state index in [0.717, 1.165) is 30.3 Å². The minimum Gasteiger partial charge on any atom is -0.487 e. The normalized spacial score (nSPS) is 13.3. The van der Waals surface area contributed by atoms with E-state index >= 15 is 0 Å². The van der Waals surface area contributed by atoms with Gasteiger partial charge in [0.25, 0.3) is 9.84 Å². The molecule has 0 radical (unpaired) electrons. The average molecular weight is 313 g/mol. The van der Waals surface area contributed by atoms with Crippen molar-refractivity contribution < 1.29 is 30.7 Å². The Balaban J connectivity index is 2.83. The molecule has 0 aromatic heterocycles. The molecule has 0 heterocycles. The van der Waals surface area contributed by atoms with Crippen LogP contribution in [0.25, 0.3) is 0 Å². The van der Waals surface area contributed by atoms with Crippen molar-refractivity contribution in [2.45, 2.75) is 10.4 Å². The van der Waals surface area contributed by atoms with Crippen LogP contribution in [0.3, 0.4) is 0 Å². The highest BCUT2D eigenvalue weighted by molar-refractivity contribution is 7.92. The third kappa shape index (κ3) is 3.94. The summed E-state index contributed by atoms with van der Waals surface area (Å²) in [5.41, 5.74) is -0.308. The molecule has 0 spiro atoms. The summed E-state index contributed by atoms with van der Waals surface area (Å²) in [6.07, 6.45) is 1.07. The third-order valence-corrected chi connectivity index (χ3v) is 3.66. The van der Waals surface area contributed by atoms with Gasteiger partial charge in [0.2, 0.25) is 0 Å². The molecular formula is C11H11F4NO3S. The summed E-state index contributed by atoms with van der Waals surface area (Å²) in [5.74, 6) is -0.605. The van der Waals surface area contributed by atoms with E-state index in [1.165, 1.54) is 0 Å². The van der Waals surface area contributed by atoms with Crippen molar-refractivity contribution in [3.05, 3.63) is 36.2 Å². The van der Waals surface area contributed by atoms with Gasteiger partial charge >= 0.3 is 5.51 Å². The predicted octanol–water partition coefficient (Wildman–Crippen LogP) is 2.17. The van der Waals surface area contributed by atoms with Gasteiger partial charge in [-0.3, -0.25) is 0 Å². The number of nitrogens with two attached hydrogens (primary N) is 1. The molecule has 0 atom stereocenters. The maximum absolute atomic E-state index is 12.9. The van der Waals surface area contributed by atoms with Gasteiger partial charge in [-0.25, -0.2) is 12.8 Å². The van der Waals surface area contributed by atoms with E-state index in [-0.39, 0.29) is 12.3 Å². The van der Waals surface area contributed by atoms with E-state index in [4.69, 9.17) is 10.5 Å². The van der Waals surface area contributed by atoms with Crippen LogP contribution in [0.4, 0.5) is 17.6 Å². The molecule has 0 aliphatic carbocycles. The fourth-order valence-corrected chi connectivity index (χ4v) is 1.95. The second-order valence-electron chi connectivity index (χ2n) is 3.60. The van der Waals surface area contributed by atoms with E-state index < -0.39 is 32.7 Å². The molecule has 0 bridgehead atoms. The smallest absolute Gasteiger partial charge is 0.487 e. The molecule has 2 N–H and O–H groups in total. The topological polar surface area (TPSA) is 69.4 Å². The first kappa shape index (κ1) is 16.4. The van der Waals surface area contributed by atoms with Gasteiger partial charge < -0.3 is 10.5 Å². The molecule has 0 unspecified atom stereocenters. The van der Waals surface area contributed by atoms with Gasteiger partial charge in [-0.05, 0) is 30.3 Å². The molecule has 0 saturated carbocycles. The number of alkyl halides is 3. The lowest BCUT2D eigenvalue weighted by molar-refractivity contribution is -0.0436. The van der Waals surface area contributed by atoms with Gasteiger partial charge in [-0.15, -0.1) is 0 Å². The van der Waals surface area contributed by atoms with Crippen LogP contribution in [0.1, 0.15) is 0 Å². The van der Waals surface area contributed by atoms with Gasteiger partial charge in [-0.1, -0.05) is 0 Å². The molecule has 0 aliphatic rings. The van der Waals surface area contributed by atoms with E-state index in [0.29, 0.717) is 0 Å².